The zero-order valence-corrected chi connectivity index (χ0v) is 61.3. The Morgan fingerprint density at radius 1 is 0.629 bits per heavy atom. The van der Waals surface area contributed by atoms with Gasteiger partial charge in [0.25, 0.3) is 0 Å². The third-order valence-corrected chi connectivity index (χ3v) is 22.2. The Bertz CT molecular complexity index is 2770. The molecular weight excluding hydrogens is 1360 g/mol. The highest BCUT2D eigenvalue weighted by molar-refractivity contribution is 8.77. The maximum atomic E-state index is 14.8. The second kappa shape index (κ2) is 42.6. The van der Waals surface area contributed by atoms with Crippen LogP contribution in [0.2, 0.25) is 0 Å². The number of carbonyl (C=O) groups is 13. The summed E-state index contributed by atoms with van der Waals surface area (Å²) in [5.41, 5.74) is 5.39. The van der Waals surface area contributed by atoms with Gasteiger partial charge in [-0.25, -0.2) is 0 Å². The zero-order valence-electron chi connectivity index (χ0n) is 57.2. The number of nitrogens with one attached hydrogen (secondary N) is 12. The van der Waals surface area contributed by atoms with E-state index >= 15 is 0 Å². The first-order valence-corrected chi connectivity index (χ1v) is 38.7. The van der Waals surface area contributed by atoms with E-state index in [1.807, 2.05) is 27.7 Å². The summed E-state index contributed by atoms with van der Waals surface area (Å²) in [6.45, 7) is 18.8. The van der Waals surface area contributed by atoms with Crippen LogP contribution in [-0.4, -0.2) is 241 Å². The van der Waals surface area contributed by atoms with Crippen LogP contribution in [0.1, 0.15) is 140 Å². The quantitative estimate of drug-likeness (QED) is 0.0223. The number of amides is 12. The molecule has 0 radical (unpaired) electrons. The Hall–Kier alpha value is -6.28. The van der Waals surface area contributed by atoms with E-state index in [4.69, 9.17) is 5.73 Å². The third-order valence-electron chi connectivity index (χ3n) is 16.5. The van der Waals surface area contributed by atoms with E-state index in [1.54, 1.807) is 40.9 Å². The van der Waals surface area contributed by atoms with E-state index in [0.717, 1.165) is 44.1 Å². The number of carbonyl (C=O) groups excluding carboxylic acids is 12. The zero-order chi connectivity index (χ0) is 72.7. The van der Waals surface area contributed by atoms with Gasteiger partial charge in [0.15, 0.2) is 0 Å². The molecule has 97 heavy (non-hydrogen) atoms. The molecule has 0 spiro atoms. The minimum Gasteiger partial charge on any atom is -0.481 e. The summed E-state index contributed by atoms with van der Waals surface area (Å²) < 4.78 is 0. The highest BCUT2D eigenvalue weighted by Crippen LogP contribution is 2.27. The van der Waals surface area contributed by atoms with E-state index in [0.29, 0.717) is 50.2 Å². The SMILES string of the molecule is CSC[C@@H]1NC(=O)[C@H](CC(C)C)NC(=O)[C@H](CCC(=O)O)NC(=O)[C@@H]2CSSC[C@@H](C)NC(=O)[C@H](C)NC(=O)[C@@H]3CCCN3C(=O)[C@H](CC(N)=O)NC(=O)[C@H](CSSC[C@H](NC(=O)CCC(=O)NCCC(CCNC(C)(C)/C(C)=N\O)CCNC(C)(C)/C(C)=N\O)C(=O)N2)NC1=O. The lowest BCUT2D eigenvalue weighted by Gasteiger charge is -2.30. The van der Waals surface area contributed by atoms with E-state index in [-0.39, 0.29) is 73.0 Å². The molecule has 12 amide bonds. The van der Waals surface area contributed by atoms with Gasteiger partial charge in [-0.3, -0.25) is 62.3 Å². The van der Waals surface area contributed by atoms with Crippen molar-refractivity contribution in [2.75, 3.05) is 61.2 Å². The summed E-state index contributed by atoms with van der Waals surface area (Å²) in [5.74, 6) is -12.5. The van der Waals surface area contributed by atoms with Crippen molar-refractivity contribution < 1.29 is 77.9 Å². The van der Waals surface area contributed by atoms with Crippen LogP contribution < -0.4 is 69.5 Å². The lowest BCUT2D eigenvalue weighted by molar-refractivity contribution is -0.143. The second-order valence-electron chi connectivity index (χ2n) is 25.7. The van der Waals surface area contributed by atoms with E-state index in [1.165, 1.54) is 22.6 Å². The van der Waals surface area contributed by atoms with Crippen molar-refractivity contribution in [3.05, 3.63) is 0 Å². The molecule has 37 heteroatoms. The topological polar surface area (TPSA) is 481 Å². The Morgan fingerprint density at radius 2 is 1.13 bits per heavy atom. The number of nitrogens with zero attached hydrogens (tertiary/aromatic N) is 3. The van der Waals surface area contributed by atoms with Gasteiger partial charge in [-0.1, -0.05) is 67.3 Å². The van der Waals surface area contributed by atoms with Crippen LogP contribution in [0.5, 0.6) is 0 Å². The smallest absolute Gasteiger partial charge is 0.303 e. The number of nitrogens with two attached hydrogens (primary N) is 1. The average Bonchev–Trinajstić information content (AvgIpc) is 1.78. The first-order valence-electron chi connectivity index (χ1n) is 32.3. The first-order chi connectivity index (χ1) is 45.6. The Kier molecular flexibility index (Phi) is 37.3. The number of fused-ring (bicyclic) bond motifs is 9. The molecule has 32 nitrogen and oxygen atoms in total. The van der Waals surface area contributed by atoms with Crippen LogP contribution in [0.4, 0.5) is 0 Å². The van der Waals surface area contributed by atoms with Crippen molar-refractivity contribution in [3.63, 3.8) is 0 Å². The number of aliphatic carboxylic acids is 1. The molecule has 3 saturated heterocycles. The van der Waals surface area contributed by atoms with Crippen molar-refractivity contribution >= 4 is 143 Å². The number of carboxylic acid groups (broad SMARTS) is 1. The lowest BCUT2D eigenvalue weighted by atomic mass is 9.94. The van der Waals surface area contributed by atoms with Gasteiger partial charge in [0.2, 0.25) is 70.9 Å². The molecule has 0 saturated carbocycles. The van der Waals surface area contributed by atoms with Gasteiger partial charge in [-0.05, 0) is 132 Å². The van der Waals surface area contributed by atoms with E-state index in [9.17, 15) is 77.9 Å². The molecule has 3 heterocycles. The highest BCUT2D eigenvalue weighted by Gasteiger charge is 2.41. The minimum absolute atomic E-state index is 0.0185. The Balaban J connectivity index is 2.14. The standard InChI is InChI=1S/C60H102N16O16S5/c1-32(2)25-39-52(84)71-41(28-93-11)53(85)72-44-31-97-96-29-42(67-48(79)16-15-47(78)62-21-18-37(19-22-63-59(7,8)35(5)74-91)20-23-64-60(9,10)36(6)75-92)54(86)73-43(55(87)68-38(51(83)69-39)14-17-49(80)81)30-95-94-27-33(3)65-50(82)34(4)66-57(89)45-13-12-24-76(45)58(90)40(26-46(61)77)70-56(44)88/h32-34,37-45,63-64,91-92H,12-31H2,1-11H3,(H2,61,77)(H,62,78)(H,65,82)(H,66,89)(H,67,79)(H,68,87)(H,69,83)(H,70,88)(H,71,84)(H,72,85)(H,73,86)(H,80,81)/b74-35-,75-36-/t33-,34+,38+,39+,40+,41+,42+,43+,44+,45+/m1/s1. The molecule has 0 aromatic rings. The van der Waals surface area contributed by atoms with Gasteiger partial charge >= 0.3 is 5.97 Å². The largest absolute Gasteiger partial charge is 0.481 e. The summed E-state index contributed by atoms with van der Waals surface area (Å²) in [6.07, 6.45) is 1.30. The molecule has 3 aliphatic heterocycles. The molecule has 0 unspecified atom stereocenters. The first kappa shape index (κ1) is 84.9. The maximum Gasteiger partial charge on any atom is 0.303 e. The van der Waals surface area contributed by atoms with Crippen molar-refractivity contribution in [1.29, 1.82) is 0 Å². The van der Waals surface area contributed by atoms with Gasteiger partial charge in [-0.2, -0.15) is 11.8 Å². The predicted octanol–water partition coefficient (Wildman–Crippen LogP) is -0.561. The third kappa shape index (κ3) is 30.4. The van der Waals surface area contributed by atoms with Crippen molar-refractivity contribution in [2.45, 2.75) is 211 Å². The normalized spacial score (nSPS) is 25.1. The molecule has 0 aromatic carbocycles. The molecule has 10 atom stereocenters. The Labute approximate surface area is 587 Å². The van der Waals surface area contributed by atoms with Gasteiger partial charge in [-0.15, -0.1) is 0 Å². The van der Waals surface area contributed by atoms with Crippen LogP contribution >= 0.6 is 54.9 Å². The van der Waals surface area contributed by atoms with Crippen LogP contribution in [0, 0.1) is 11.8 Å². The van der Waals surface area contributed by atoms with Crippen LogP contribution in [0.3, 0.4) is 0 Å². The number of hydrogen-bond donors (Lipinski definition) is 16. The minimum atomic E-state index is -1.69. The fourth-order valence-corrected chi connectivity index (χ4v) is 15.4. The molecule has 3 aliphatic rings. The van der Waals surface area contributed by atoms with E-state index in [2.05, 4.69) is 74.1 Å². The van der Waals surface area contributed by atoms with Crippen molar-refractivity contribution in [3.8, 4) is 0 Å². The maximum absolute atomic E-state index is 14.8. The van der Waals surface area contributed by atoms with Crippen LogP contribution in [0.25, 0.3) is 0 Å². The monoisotopic (exact) mass is 1460 g/mol. The van der Waals surface area contributed by atoms with Gasteiger partial charge in [0.1, 0.15) is 54.4 Å². The summed E-state index contributed by atoms with van der Waals surface area (Å²) in [5, 5.41) is 68.7. The number of carboxylic acids is 1. The molecule has 2 bridgehead atoms. The fourth-order valence-electron chi connectivity index (χ4n) is 10.1. The number of primary amides is 1. The Morgan fingerprint density at radius 3 is 1.69 bits per heavy atom. The van der Waals surface area contributed by atoms with Crippen molar-refractivity contribution in [1.82, 2.24) is 68.7 Å². The molecule has 0 aliphatic carbocycles. The van der Waals surface area contributed by atoms with E-state index < -0.39 is 174 Å². The summed E-state index contributed by atoms with van der Waals surface area (Å²) in [4.78, 5) is 182. The predicted molar refractivity (Wildman–Crippen MR) is 375 cm³/mol. The molecule has 17 N–H and O–H groups in total. The van der Waals surface area contributed by atoms with Crippen molar-refractivity contribution in [2.24, 2.45) is 27.9 Å². The number of oxime groups is 2. The average molecular weight is 1460 g/mol. The van der Waals surface area contributed by atoms with Crippen LogP contribution in [0.15, 0.2) is 10.3 Å². The van der Waals surface area contributed by atoms with Gasteiger partial charge < -0.3 is 90.0 Å². The number of hydrogen-bond acceptors (Lipinski definition) is 24. The van der Waals surface area contributed by atoms with Gasteiger partial charge in [0.05, 0.1) is 28.9 Å². The molecule has 0 aromatic heterocycles. The number of rotatable bonds is 26. The van der Waals surface area contributed by atoms with Crippen LogP contribution in [-0.2, 0) is 62.3 Å². The summed E-state index contributed by atoms with van der Waals surface area (Å²) in [7, 11) is 4.09. The lowest BCUT2D eigenvalue weighted by Crippen LogP contribution is -2.61. The molecule has 548 valence electrons. The summed E-state index contributed by atoms with van der Waals surface area (Å²) in [6, 6.07) is -13.6. The number of thioether (sulfide) groups is 1. The van der Waals surface area contributed by atoms with Gasteiger partial charge in [0, 0.05) is 67.2 Å². The molecular formula is C60H102N16O16S5. The second-order valence-corrected chi connectivity index (χ2v) is 31.7. The summed E-state index contributed by atoms with van der Waals surface area (Å²) >= 11 is 1.13. The molecule has 3 rings (SSSR count). The highest BCUT2D eigenvalue weighted by atomic mass is 33.1. The molecule has 3 fully saturated rings. The fraction of sp³-hybridized carbons (Fsp3) is 0.750.